The van der Waals surface area contributed by atoms with Gasteiger partial charge in [-0.25, -0.2) is 0 Å². The summed E-state index contributed by atoms with van der Waals surface area (Å²) in [5.41, 5.74) is 0. The van der Waals surface area contributed by atoms with Crippen molar-refractivity contribution in [3.05, 3.63) is 21.9 Å². The molecule has 0 radical (unpaired) electrons. The maximum Gasteiger partial charge on any atom is 0.261 e. The number of nitrogens with one attached hydrogen (secondary N) is 1. The maximum absolute atomic E-state index is 11.5. The Labute approximate surface area is 92.9 Å². The fraction of sp³-hybridized carbons (Fsp3) is 0.500. The zero-order valence-corrected chi connectivity index (χ0v) is 9.47. The summed E-state index contributed by atoms with van der Waals surface area (Å²) in [5.74, 6) is -0.0688. The summed E-state index contributed by atoms with van der Waals surface area (Å²) in [6.07, 6.45) is 0. The summed E-state index contributed by atoms with van der Waals surface area (Å²) in [6, 6.07) is 3.73. The van der Waals surface area contributed by atoms with Crippen molar-refractivity contribution in [3.8, 4) is 0 Å². The maximum atomic E-state index is 11.5. The second kappa shape index (κ2) is 6.55. The molecule has 1 aromatic rings. The third-order valence-corrected chi connectivity index (χ3v) is 2.73. The molecule has 1 heterocycles. The average molecular weight is 229 g/mol. The first kappa shape index (κ1) is 12.2. The summed E-state index contributed by atoms with van der Waals surface area (Å²) in [7, 11) is 0. The van der Waals surface area contributed by atoms with Gasteiger partial charge in [-0.05, 0) is 19.1 Å². The highest BCUT2D eigenvalue weighted by molar-refractivity contribution is 7.13. The lowest BCUT2D eigenvalue weighted by Crippen LogP contribution is -2.26. The van der Waals surface area contributed by atoms with Gasteiger partial charge in [0.25, 0.3) is 5.91 Å². The van der Waals surface area contributed by atoms with Gasteiger partial charge >= 0.3 is 0 Å². The Balaban J connectivity index is 2.19. The highest BCUT2D eigenvalue weighted by atomic mass is 32.1. The Hall–Kier alpha value is -0.910. The van der Waals surface area contributed by atoms with Crippen LogP contribution in [0.3, 0.4) is 0 Å². The first-order valence-corrected chi connectivity index (χ1v) is 5.59. The standard InChI is InChI=1S/C10H15NO3S/c1-8-2-3-9(15-8)10(13)11-4-6-14-7-5-12/h2-3,12H,4-7H2,1H3,(H,11,13). The number of aliphatic hydroxyl groups is 1. The quantitative estimate of drug-likeness (QED) is 0.709. The van der Waals surface area contributed by atoms with E-state index >= 15 is 0 Å². The van der Waals surface area contributed by atoms with E-state index in [-0.39, 0.29) is 12.5 Å². The van der Waals surface area contributed by atoms with Crippen molar-refractivity contribution < 1.29 is 14.6 Å². The highest BCUT2D eigenvalue weighted by Crippen LogP contribution is 2.14. The van der Waals surface area contributed by atoms with Crippen molar-refractivity contribution in [2.24, 2.45) is 0 Å². The molecule has 0 spiro atoms. The van der Waals surface area contributed by atoms with Crippen molar-refractivity contribution in [2.75, 3.05) is 26.4 Å². The van der Waals surface area contributed by atoms with E-state index in [9.17, 15) is 4.79 Å². The van der Waals surface area contributed by atoms with Gasteiger partial charge in [-0.2, -0.15) is 0 Å². The predicted molar refractivity (Wildman–Crippen MR) is 59.3 cm³/mol. The van der Waals surface area contributed by atoms with Gasteiger partial charge in [0, 0.05) is 11.4 Å². The molecule has 0 saturated carbocycles. The molecule has 1 amide bonds. The molecule has 0 fully saturated rings. The van der Waals surface area contributed by atoms with Gasteiger partial charge in [-0.3, -0.25) is 4.79 Å². The molecule has 0 aliphatic rings. The largest absolute Gasteiger partial charge is 0.394 e. The van der Waals surface area contributed by atoms with E-state index in [1.165, 1.54) is 11.3 Å². The molecule has 5 heteroatoms. The van der Waals surface area contributed by atoms with E-state index in [2.05, 4.69) is 5.32 Å². The fourth-order valence-corrected chi connectivity index (χ4v) is 1.83. The van der Waals surface area contributed by atoms with E-state index in [1.807, 2.05) is 19.1 Å². The minimum Gasteiger partial charge on any atom is -0.394 e. The Morgan fingerprint density at radius 2 is 2.33 bits per heavy atom. The molecule has 1 aromatic heterocycles. The van der Waals surface area contributed by atoms with Gasteiger partial charge in [0.05, 0.1) is 24.7 Å². The van der Waals surface area contributed by atoms with Crippen LogP contribution in [0.4, 0.5) is 0 Å². The van der Waals surface area contributed by atoms with E-state index in [1.54, 1.807) is 0 Å². The first-order chi connectivity index (χ1) is 7.24. The lowest BCUT2D eigenvalue weighted by Gasteiger charge is -2.03. The topological polar surface area (TPSA) is 58.6 Å². The summed E-state index contributed by atoms with van der Waals surface area (Å²) in [5, 5.41) is 11.2. The van der Waals surface area contributed by atoms with E-state index in [0.717, 1.165) is 9.75 Å². The zero-order valence-electron chi connectivity index (χ0n) is 8.66. The fourth-order valence-electron chi connectivity index (χ4n) is 1.05. The van der Waals surface area contributed by atoms with Crippen molar-refractivity contribution in [1.29, 1.82) is 0 Å². The Morgan fingerprint density at radius 3 is 2.93 bits per heavy atom. The molecular weight excluding hydrogens is 214 g/mol. The van der Waals surface area contributed by atoms with Crippen molar-refractivity contribution in [2.45, 2.75) is 6.92 Å². The minimum atomic E-state index is -0.0688. The molecule has 0 atom stereocenters. The number of aliphatic hydroxyl groups excluding tert-OH is 1. The van der Waals surface area contributed by atoms with E-state index in [4.69, 9.17) is 9.84 Å². The van der Waals surface area contributed by atoms with Crippen LogP contribution < -0.4 is 5.32 Å². The van der Waals surface area contributed by atoms with Crippen molar-refractivity contribution >= 4 is 17.2 Å². The van der Waals surface area contributed by atoms with Gasteiger partial charge in [0.15, 0.2) is 0 Å². The van der Waals surface area contributed by atoms with Gasteiger partial charge in [0.2, 0.25) is 0 Å². The molecular formula is C10H15NO3S. The summed E-state index contributed by atoms with van der Waals surface area (Å²) < 4.78 is 5.01. The second-order valence-corrected chi connectivity index (χ2v) is 4.29. The zero-order chi connectivity index (χ0) is 11.1. The van der Waals surface area contributed by atoms with Gasteiger partial charge in [0.1, 0.15) is 0 Å². The Morgan fingerprint density at radius 1 is 1.53 bits per heavy atom. The number of rotatable bonds is 6. The SMILES string of the molecule is Cc1ccc(C(=O)NCCOCCO)s1. The van der Waals surface area contributed by atoms with Crippen molar-refractivity contribution in [1.82, 2.24) is 5.32 Å². The molecule has 15 heavy (non-hydrogen) atoms. The van der Waals surface area contributed by atoms with Crippen LogP contribution in [-0.2, 0) is 4.74 Å². The third-order valence-electron chi connectivity index (χ3n) is 1.73. The van der Waals surface area contributed by atoms with Crippen LogP contribution in [0.2, 0.25) is 0 Å². The summed E-state index contributed by atoms with van der Waals surface area (Å²) >= 11 is 1.47. The highest BCUT2D eigenvalue weighted by Gasteiger charge is 2.06. The molecule has 2 N–H and O–H groups in total. The lowest BCUT2D eigenvalue weighted by molar-refractivity contribution is 0.0840. The number of carbonyl (C=O) groups is 1. The number of thiophene rings is 1. The molecule has 0 aromatic carbocycles. The summed E-state index contributed by atoms with van der Waals surface area (Å²) in [4.78, 5) is 13.3. The van der Waals surface area contributed by atoms with Crippen LogP contribution in [0.5, 0.6) is 0 Å². The van der Waals surface area contributed by atoms with Crippen LogP contribution in [0.1, 0.15) is 14.5 Å². The van der Waals surface area contributed by atoms with Gasteiger partial charge < -0.3 is 15.2 Å². The molecule has 0 saturated heterocycles. The molecule has 4 nitrogen and oxygen atoms in total. The Bertz CT molecular complexity index is 311. The second-order valence-electron chi connectivity index (χ2n) is 3.00. The van der Waals surface area contributed by atoms with Crippen LogP contribution in [0, 0.1) is 6.92 Å². The van der Waals surface area contributed by atoms with Crippen LogP contribution in [0.25, 0.3) is 0 Å². The number of hydrogen-bond donors (Lipinski definition) is 2. The minimum absolute atomic E-state index is 0.0120. The van der Waals surface area contributed by atoms with E-state index in [0.29, 0.717) is 19.8 Å². The van der Waals surface area contributed by atoms with Crippen molar-refractivity contribution in [3.63, 3.8) is 0 Å². The average Bonchev–Trinajstić information content (AvgIpc) is 2.64. The monoisotopic (exact) mass is 229 g/mol. The Kier molecular flexibility index (Phi) is 5.31. The normalized spacial score (nSPS) is 10.3. The molecule has 0 aliphatic carbocycles. The smallest absolute Gasteiger partial charge is 0.261 e. The molecule has 0 unspecified atom stereocenters. The van der Waals surface area contributed by atoms with Crippen LogP contribution in [0.15, 0.2) is 12.1 Å². The number of carbonyl (C=O) groups excluding carboxylic acids is 1. The third kappa shape index (κ3) is 4.42. The van der Waals surface area contributed by atoms with Gasteiger partial charge in [-0.1, -0.05) is 0 Å². The molecule has 0 bridgehead atoms. The molecule has 0 aliphatic heterocycles. The van der Waals surface area contributed by atoms with Crippen LogP contribution >= 0.6 is 11.3 Å². The number of amides is 1. The first-order valence-electron chi connectivity index (χ1n) is 4.77. The predicted octanol–water partition coefficient (Wildman–Crippen LogP) is 0.795. The van der Waals surface area contributed by atoms with E-state index < -0.39 is 0 Å². The summed E-state index contributed by atoms with van der Waals surface area (Å²) in [6.45, 7) is 3.18. The molecule has 84 valence electrons. The number of ether oxygens (including phenoxy) is 1. The number of hydrogen-bond acceptors (Lipinski definition) is 4. The lowest BCUT2D eigenvalue weighted by atomic mass is 10.4. The number of aryl methyl sites for hydroxylation is 1. The van der Waals surface area contributed by atoms with Gasteiger partial charge in [-0.15, -0.1) is 11.3 Å². The molecule has 1 rings (SSSR count). The van der Waals surface area contributed by atoms with Crippen LogP contribution in [-0.4, -0.2) is 37.4 Å².